The van der Waals surface area contributed by atoms with Crippen molar-refractivity contribution < 1.29 is 0 Å². The second-order valence-electron chi connectivity index (χ2n) is 5.65. The van der Waals surface area contributed by atoms with Crippen molar-refractivity contribution in [2.45, 2.75) is 26.7 Å². The van der Waals surface area contributed by atoms with Crippen molar-refractivity contribution in [2.75, 3.05) is 32.0 Å². The lowest BCUT2D eigenvalue weighted by Gasteiger charge is -2.38. The Kier molecular flexibility index (Phi) is 3.67. The van der Waals surface area contributed by atoms with Gasteiger partial charge in [-0.1, -0.05) is 6.92 Å². The van der Waals surface area contributed by atoms with E-state index in [1.54, 1.807) is 0 Å². The molecule has 1 N–H and O–H groups in total. The zero-order chi connectivity index (χ0) is 12.3. The minimum absolute atomic E-state index is 0.434. The second-order valence-corrected chi connectivity index (χ2v) is 5.65. The molecule has 3 heteroatoms. The SMILES string of the molecule is Cc1cc(NCC2(C)CCN(C)CC2)ccn1. The van der Waals surface area contributed by atoms with Crippen LogP contribution in [-0.4, -0.2) is 36.6 Å². The molecule has 3 nitrogen and oxygen atoms in total. The molecule has 0 aromatic carbocycles. The van der Waals surface area contributed by atoms with Crippen molar-refractivity contribution in [1.82, 2.24) is 9.88 Å². The van der Waals surface area contributed by atoms with E-state index in [0.29, 0.717) is 5.41 Å². The first-order valence-electron chi connectivity index (χ1n) is 6.43. The zero-order valence-corrected chi connectivity index (χ0v) is 11.2. The lowest BCUT2D eigenvalue weighted by Crippen LogP contribution is -2.40. The van der Waals surface area contributed by atoms with Crippen LogP contribution in [0.2, 0.25) is 0 Å². The van der Waals surface area contributed by atoms with Gasteiger partial charge in [0.05, 0.1) is 0 Å². The predicted octanol–water partition coefficient (Wildman–Crippen LogP) is 2.53. The molecule has 17 heavy (non-hydrogen) atoms. The van der Waals surface area contributed by atoms with Gasteiger partial charge >= 0.3 is 0 Å². The summed E-state index contributed by atoms with van der Waals surface area (Å²) in [5, 5.41) is 3.55. The van der Waals surface area contributed by atoms with Crippen molar-refractivity contribution >= 4 is 5.69 Å². The van der Waals surface area contributed by atoms with Gasteiger partial charge in [-0.05, 0) is 57.5 Å². The Morgan fingerprint density at radius 2 is 2.12 bits per heavy atom. The molecule has 1 fully saturated rings. The summed E-state index contributed by atoms with van der Waals surface area (Å²) in [7, 11) is 2.21. The molecule has 1 aromatic rings. The van der Waals surface area contributed by atoms with E-state index in [1.165, 1.54) is 31.6 Å². The molecule has 1 saturated heterocycles. The van der Waals surface area contributed by atoms with Gasteiger partial charge in [0.25, 0.3) is 0 Å². The Labute approximate surface area is 104 Å². The molecule has 1 aliphatic rings. The van der Waals surface area contributed by atoms with Crippen molar-refractivity contribution in [3.63, 3.8) is 0 Å². The molecule has 0 radical (unpaired) electrons. The number of likely N-dealkylation sites (tertiary alicyclic amines) is 1. The number of anilines is 1. The normalized spacial score (nSPS) is 20.2. The lowest BCUT2D eigenvalue weighted by atomic mass is 9.80. The van der Waals surface area contributed by atoms with Gasteiger partial charge in [0.2, 0.25) is 0 Å². The molecule has 0 unspecified atom stereocenters. The van der Waals surface area contributed by atoms with Crippen LogP contribution in [-0.2, 0) is 0 Å². The smallest absolute Gasteiger partial charge is 0.0393 e. The Balaban J connectivity index is 1.89. The lowest BCUT2D eigenvalue weighted by molar-refractivity contribution is 0.150. The average Bonchev–Trinajstić information content (AvgIpc) is 2.31. The van der Waals surface area contributed by atoms with Crippen LogP contribution < -0.4 is 5.32 Å². The second kappa shape index (κ2) is 5.05. The molecule has 0 atom stereocenters. The quantitative estimate of drug-likeness (QED) is 0.869. The third kappa shape index (κ3) is 3.43. The highest BCUT2D eigenvalue weighted by Crippen LogP contribution is 2.30. The summed E-state index contributed by atoms with van der Waals surface area (Å²) >= 11 is 0. The highest BCUT2D eigenvalue weighted by molar-refractivity contribution is 5.43. The van der Waals surface area contributed by atoms with Gasteiger partial charge in [-0.15, -0.1) is 0 Å². The minimum Gasteiger partial charge on any atom is -0.384 e. The zero-order valence-electron chi connectivity index (χ0n) is 11.2. The van der Waals surface area contributed by atoms with Crippen molar-refractivity contribution in [1.29, 1.82) is 0 Å². The number of nitrogens with one attached hydrogen (secondary N) is 1. The van der Waals surface area contributed by atoms with E-state index in [-0.39, 0.29) is 0 Å². The summed E-state index contributed by atoms with van der Waals surface area (Å²) in [6.45, 7) is 7.91. The van der Waals surface area contributed by atoms with E-state index in [0.717, 1.165) is 12.2 Å². The summed E-state index contributed by atoms with van der Waals surface area (Å²) < 4.78 is 0. The fraction of sp³-hybridized carbons (Fsp3) is 0.643. The van der Waals surface area contributed by atoms with Crippen LogP contribution in [0, 0.1) is 12.3 Å². The average molecular weight is 233 g/mol. The van der Waals surface area contributed by atoms with Crippen LogP contribution in [0.3, 0.4) is 0 Å². The van der Waals surface area contributed by atoms with Crippen molar-refractivity contribution in [3.05, 3.63) is 24.0 Å². The van der Waals surface area contributed by atoms with Crippen LogP contribution in [0.1, 0.15) is 25.5 Å². The molecule has 2 heterocycles. The molecule has 1 aromatic heterocycles. The Bertz CT molecular complexity index is 367. The van der Waals surface area contributed by atoms with Crippen LogP contribution >= 0.6 is 0 Å². The number of aromatic nitrogens is 1. The van der Waals surface area contributed by atoms with Crippen LogP contribution in [0.5, 0.6) is 0 Å². The highest BCUT2D eigenvalue weighted by atomic mass is 15.1. The van der Waals surface area contributed by atoms with Crippen LogP contribution in [0.15, 0.2) is 18.3 Å². The third-order valence-corrected chi connectivity index (χ3v) is 3.81. The molecule has 94 valence electrons. The van der Waals surface area contributed by atoms with Crippen LogP contribution in [0.25, 0.3) is 0 Å². The van der Waals surface area contributed by atoms with Crippen molar-refractivity contribution in [3.8, 4) is 0 Å². The summed E-state index contributed by atoms with van der Waals surface area (Å²) in [4.78, 5) is 6.63. The number of hydrogen-bond acceptors (Lipinski definition) is 3. The number of pyridine rings is 1. The molecular formula is C14H23N3. The maximum absolute atomic E-state index is 4.22. The first-order valence-corrected chi connectivity index (χ1v) is 6.43. The van der Waals surface area contributed by atoms with Gasteiger partial charge in [-0.3, -0.25) is 4.98 Å². The van der Waals surface area contributed by atoms with Gasteiger partial charge in [0.15, 0.2) is 0 Å². The summed E-state index contributed by atoms with van der Waals surface area (Å²) in [5.74, 6) is 0. The largest absolute Gasteiger partial charge is 0.384 e. The topological polar surface area (TPSA) is 28.2 Å². The first kappa shape index (κ1) is 12.4. The third-order valence-electron chi connectivity index (χ3n) is 3.81. The van der Waals surface area contributed by atoms with Gasteiger partial charge in [0.1, 0.15) is 0 Å². The molecule has 0 bridgehead atoms. The monoisotopic (exact) mass is 233 g/mol. The van der Waals surface area contributed by atoms with Gasteiger partial charge in [0, 0.05) is 24.1 Å². The van der Waals surface area contributed by atoms with Crippen LogP contribution in [0.4, 0.5) is 5.69 Å². The first-order chi connectivity index (χ1) is 8.07. The number of piperidine rings is 1. The molecule has 0 aliphatic carbocycles. The van der Waals surface area contributed by atoms with Gasteiger partial charge in [-0.25, -0.2) is 0 Å². The van der Waals surface area contributed by atoms with Gasteiger partial charge < -0.3 is 10.2 Å². The Morgan fingerprint density at radius 1 is 1.41 bits per heavy atom. The Morgan fingerprint density at radius 3 is 2.76 bits per heavy atom. The van der Waals surface area contributed by atoms with E-state index in [1.807, 2.05) is 19.2 Å². The van der Waals surface area contributed by atoms with E-state index in [4.69, 9.17) is 0 Å². The number of rotatable bonds is 3. The van der Waals surface area contributed by atoms with E-state index in [2.05, 4.69) is 35.2 Å². The van der Waals surface area contributed by atoms with E-state index in [9.17, 15) is 0 Å². The van der Waals surface area contributed by atoms with E-state index >= 15 is 0 Å². The fourth-order valence-corrected chi connectivity index (χ4v) is 2.31. The molecular weight excluding hydrogens is 210 g/mol. The molecule has 0 spiro atoms. The minimum atomic E-state index is 0.434. The summed E-state index contributed by atoms with van der Waals surface area (Å²) in [6.07, 6.45) is 4.43. The number of aryl methyl sites for hydroxylation is 1. The Hall–Kier alpha value is -1.09. The standard InChI is InChI=1S/C14H23N3/c1-12-10-13(4-7-15-12)16-11-14(2)5-8-17(3)9-6-14/h4,7,10H,5-6,8-9,11H2,1-3H3,(H,15,16). The number of nitrogens with zero attached hydrogens (tertiary/aromatic N) is 2. The van der Waals surface area contributed by atoms with Gasteiger partial charge in [-0.2, -0.15) is 0 Å². The molecule has 1 aliphatic heterocycles. The molecule has 0 amide bonds. The van der Waals surface area contributed by atoms with E-state index < -0.39 is 0 Å². The predicted molar refractivity (Wildman–Crippen MR) is 72.3 cm³/mol. The highest BCUT2D eigenvalue weighted by Gasteiger charge is 2.28. The maximum Gasteiger partial charge on any atom is 0.0393 e. The molecule has 0 saturated carbocycles. The maximum atomic E-state index is 4.22. The summed E-state index contributed by atoms with van der Waals surface area (Å²) in [6, 6.07) is 4.16. The van der Waals surface area contributed by atoms with Crippen molar-refractivity contribution in [2.24, 2.45) is 5.41 Å². The molecule has 2 rings (SSSR count). The summed E-state index contributed by atoms with van der Waals surface area (Å²) in [5.41, 5.74) is 2.70. The number of hydrogen-bond donors (Lipinski definition) is 1. The fourth-order valence-electron chi connectivity index (χ4n) is 2.31.